The van der Waals surface area contributed by atoms with Crippen molar-refractivity contribution in [2.75, 3.05) is 0 Å². The molecule has 0 aliphatic heterocycles. The first-order chi connectivity index (χ1) is 6.66. The molecule has 0 saturated heterocycles. The molecule has 74 valence electrons. The van der Waals surface area contributed by atoms with Gasteiger partial charge in [0.15, 0.2) is 0 Å². The molecule has 1 fully saturated rings. The molecular weight excluding hydrogens is 203 g/mol. The summed E-state index contributed by atoms with van der Waals surface area (Å²) in [6.07, 6.45) is 2.26. The zero-order chi connectivity index (χ0) is 10.1. The fourth-order valence-corrected chi connectivity index (χ4v) is 2.14. The third kappa shape index (κ3) is 2.07. The standard InChI is InChI=1S/C10H9FO2S/c11-8-5-6(10(12)13)1-4-9(8)14-7-2-3-7/h1,4-5,7H,2-3H2,(H,12,13). The average Bonchev–Trinajstić information content (AvgIpc) is 2.92. The molecule has 1 aromatic rings. The number of hydrogen-bond acceptors (Lipinski definition) is 2. The Morgan fingerprint density at radius 2 is 2.21 bits per heavy atom. The Labute approximate surface area is 85.1 Å². The molecule has 0 unspecified atom stereocenters. The lowest BCUT2D eigenvalue weighted by Gasteiger charge is -2.02. The van der Waals surface area contributed by atoms with Gasteiger partial charge in [-0.25, -0.2) is 9.18 Å². The number of benzene rings is 1. The lowest BCUT2D eigenvalue weighted by Crippen LogP contribution is -1.97. The molecule has 0 amide bonds. The highest BCUT2D eigenvalue weighted by Crippen LogP contribution is 2.40. The summed E-state index contributed by atoms with van der Waals surface area (Å²) in [4.78, 5) is 11.1. The zero-order valence-electron chi connectivity index (χ0n) is 7.37. The molecule has 1 aromatic carbocycles. The van der Waals surface area contributed by atoms with Crippen molar-refractivity contribution in [1.29, 1.82) is 0 Å². The van der Waals surface area contributed by atoms with Crippen LogP contribution in [0.2, 0.25) is 0 Å². The molecule has 1 saturated carbocycles. The molecule has 1 aliphatic carbocycles. The molecule has 1 aliphatic rings. The van der Waals surface area contributed by atoms with E-state index in [9.17, 15) is 9.18 Å². The SMILES string of the molecule is O=C(O)c1ccc(SC2CC2)c(F)c1. The Bertz CT molecular complexity index is 374. The average molecular weight is 212 g/mol. The second-order valence-corrected chi connectivity index (χ2v) is 4.61. The third-order valence-corrected chi connectivity index (χ3v) is 3.39. The predicted octanol–water partition coefficient (Wildman–Crippen LogP) is 2.78. The molecule has 0 spiro atoms. The summed E-state index contributed by atoms with van der Waals surface area (Å²) < 4.78 is 13.3. The minimum atomic E-state index is -1.09. The van der Waals surface area contributed by atoms with E-state index in [0.717, 1.165) is 18.9 Å². The molecule has 4 heteroatoms. The van der Waals surface area contributed by atoms with Crippen molar-refractivity contribution in [3.63, 3.8) is 0 Å². The Kier molecular flexibility index (Phi) is 2.46. The number of carboxylic acids is 1. The van der Waals surface area contributed by atoms with Gasteiger partial charge in [0.1, 0.15) is 5.82 Å². The summed E-state index contributed by atoms with van der Waals surface area (Å²) >= 11 is 1.49. The van der Waals surface area contributed by atoms with Crippen LogP contribution >= 0.6 is 11.8 Å². The Hall–Kier alpha value is -1.03. The third-order valence-electron chi connectivity index (χ3n) is 2.00. The van der Waals surface area contributed by atoms with E-state index in [2.05, 4.69) is 0 Å². The molecule has 0 aromatic heterocycles. The highest BCUT2D eigenvalue weighted by molar-refractivity contribution is 8.00. The highest BCUT2D eigenvalue weighted by Gasteiger charge is 2.24. The topological polar surface area (TPSA) is 37.3 Å². The van der Waals surface area contributed by atoms with Crippen LogP contribution in [-0.4, -0.2) is 16.3 Å². The Morgan fingerprint density at radius 1 is 1.50 bits per heavy atom. The number of rotatable bonds is 3. The largest absolute Gasteiger partial charge is 0.478 e. The van der Waals surface area contributed by atoms with Gasteiger partial charge in [-0.05, 0) is 31.0 Å². The number of carboxylic acid groups (broad SMARTS) is 1. The van der Waals surface area contributed by atoms with Gasteiger partial charge in [0.05, 0.1) is 5.56 Å². The molecule has 14 heavy (non-hydrogen) atoms. The van der Waals surface area contributed by atoms with Crippen LogP contribution in [-0.2, 0) is 0 Å². The molecule has 0 atom stereocenters. The van der Waals surface area contributed by atoms with Gasteiger partial charge in [-0.1, -0.05) is 0 Å². The number of hydrogen-bond donors (Lipinski definition) is 1. The van der Waals surface area contributed by atoms with Gasteiger partial charge in [0, 0.05) is 10.1 Å². The zero-order valence-corrected chi connectivity index (χ0v) is 8.18. The molecule has 0 bridgehead atoms. The van der Waals surface area contributed by atoms with Crippen LogP contribution in [0.1, 0.15) is 23.2 Å². The first-order valence-corrected chi connectivity index (χ1v) is 5.24. The molecule has 2 nitrogen and oxygen atoms in total. The van der Waals surface area contributed by atoms with Gasteiger partial charge in [0.25, 0.3) is 0 Å². The van der Waals surface area contributed by atoms with Crippen molar-refractivity contribution in [1.82, 2.24) is 0 Å². The van der Waals surface area contributed by atoms with Crippen molar-refractivity contribution in [2.24, 2.45) is 0 Å². The monoisotopic (exact) mass is 212 g/mol. The van der Waals surface area contributed by atoms with Gasteiger partial charge in [-0.15, -0.1) is 11.8 Å². The van der Waals surface area contributed by atoms with E-state index in [0.29, 0.717) is 10.1 Å². The quantitative estimate of drug-likeness (QED) is 0.837. The van der Waals surface area contributed by atoms with Gasteiger partial charge < -0.3 is 5.11 Å². The van der Waals surface area contributed by atoms with E-state index in [1.807, 2.05) is 0 Å². The smallest absolute Gasteiger partial charge is 0.335 e. The van der Waals surface area contributed by atoms with E-state index in [1.54, 1.807) is 6.07 Å². The normalized spacial score (nSPS) is 15.5. The van der Waals surface area contributed by atoms with Gasteiger partial charge in [-0.2, -0.15) is 0 Å². The first-order valence-electron chi connectivity index (χ1n) is 4.36. The first kappa shape index (κ1) is 9.52. The highest BCUT2D eigenvalue weighted by atomic mass is 32.2. The van der Waals surface area contributed by atoms with Gasteiger partial charge in [-0.3, -0.25) is 0 Å². The van der Waals surface area contributed by atoms with E-state index in [4.69, 9.17) is 5.11 Å². The summed E-state index contributed by atoms with van der Waals surface area (Å²) in [5, 5.41) is 9.15. The number of halogens is 1. The summed E-state index contributed by atoms with van der Waals surface area (Å²) in [5.41, 5.74) is 0.00245. The number of carbonyl (C=O) groups is 1. The minimum Gasteiger partial charge on any atom is -0.478 e. The fourth-order valence-electron chi connectivity index (χ4n) is 1.09. The predicted molar refractivity (Wildman–Crippen MR) is 52.2 cm³/mol. The lowest BCUT2D eigenvalue weighted by molar-refractivity contribution is 0.0696. The van der Waals surface area contributed by atoms with Crippen molar-refractivity contribution in [3.8, 4) is 0 Å². The van der Waals surface area contributed by atoms with Gasteiger partial charge >= 0.3 is 5.97 Å². The van der Waals surface area contributed by atoms with Crippen LogP contribution in [0, 0.1) is 5.82 Å². The molecular formula is C10H9FO2S. The van der Waals surface area contributed by atoms with E-state index < -0.39 is 11.8 Å². The number of aromatic carboxylic acids is 1. The summed E-state index contributed by atoms with van der Waals surface area (Å²) in [6, 6.07) is 4.06. The maximum atomic E-state index is 13.3. The van der Waals surface area contributed by atoms with E-state index in [1.165, 1.54) is 17.8 Å². The van der Waals surface area contributed by atoms with Crippen LogP contribution in [0.5, 0.6) is 0 Å². The van der Waals surface area contributed by atoms with Crippen LogP contribution in [0.25, 0.3) is 0 Å². The maximum Gasteiger partial charge on any atom is 0.335 e. The summed E-state index contributed by atoms with van der Waals surface area (Å²) in [5.74, 6) is -1.52. The summed E-state index contributed by atoms with van der Waals surface area (Å²) in [6.45, 7) is 0. The van der Waals surface area contributed by atoms with E-state index >= 15 is 0 Å². The van der Waals surface area contributed by atoms with Crippen molar-refractivity contribution >= 4 is 17.7 Å². The Balaban J connectivity index is 2.21. The molecule has 0 radical (unpaired) electrons. The maximum absolute atomic E-state index is 13.3. The molecule has 1 N–H and O–H groups in total. The van der Waals surface area contributed by atoms with Gasteiger partial charge in [0.2, 0.25) is 0 Å². The molecule has 0 heterocycles. The van der Waals surface area contributed by atoms with Crippen LogP contribution in [0.4, 0.5) is 4.39 Å². The van der Waals surface area contributed by atoms with Crippen LogP contribution in [0.3, 0.4) is 0 Å². The van der Waals surface area contributed by atoms with Crippen LogP contribution in [0.15, 0.2) is 23.1 Å². The fraction of sp³-hybridized carbons (Fsp3) is 0.300. The van der Waals surface area contributed by atoms with Crippen molar-refractivity contribution in [3.05, 3.63) is 29.6 Å². The second-order valence-electron chi connectivity index (χ2n) is 3.27. The molecule has 2 rings (SSSR count). The Morgan fingerprint density at radius 3 is 2.71 bits per heavy atom. The van der Waals surface area contributed by atoms with Crippen molar-refractivity contribution < 1.29 is 14.3 Å². The number of thioether (sulfide) groups is 1. The second kappa shape index (κ2) is 3.61. The van der Waals surface area contributed by atoms with E-state index in [-0.39, 0.29) is 5.56 Å². The summed E-state index contributed by atoms with van der Waals surface area (Å²) in [7, 11) is 0. The minimum absolute atomic E-state index is 0.00245. The van der Waals surface area contributed by atoms with Crippen LogP contribution < -0.4 is 0 Å². The lowest BCUT2D eigenvalue weighted by atomic mass is 10.2. The van der Waals surface area contributed by atoms with Crippen molar-refractivity contribution in [2.45, 2.75) is 23.0 Å².